The molecule has 0 unspecified atom stereocenters. The molecule has 0 amide bonds. The minimum atomic E-state index is -0.137. The van der Waals surface area contributed by atoms with E-state index >= 15 is 0 Å². The zero-order valence-corrected chi connectivity index (χ0v) is 13.4. The molecule has 24 heavy (non-hydrogen) atoms. The molecule has 2 aromatic heterocycles. The molecule has 0 radical (unpaired) electrons. The molecular formula is C19H16N4O. The number of benzene rings is 2. The van der Waals surface area contributed by atoms with E-state index in [2.05, 4.69) is 20.2 Å². The molecule has 0 atom stereocenters. The van der Waals surface area contributed by atoms with Crippen molar-refractivity contribution in [2.45, 2.75) is 13.8 Å². The molecule has 4 aromatic rings. The van der Waals surface area contributed by atoms with Crippen molar-refractivity contribution < 1.29 is 0 Å². The Bertz CT molecular complexity index is 1090. The van der Waals surface area contributed by atoms with Crippen LogP contribution in [-0.2, 0) is 0 Å². The Morgan fingerprint density at radius 2 is 1.83 bits per heavy atom. The third-order valence-electron chi connectivity index (χ3n) is 4.10. The Kier molecular flexibility index (Phi) is 3.27. The predicted octanol–water partition coefficient (Wildman–Crippen LogP) is 3.60. The molecule has 0 aliphatic heterocycles. The normalized spacial score (nSPS) is 11.1. The SMILES string of the molecule is Cc1cc(C)c2nc(-c3cn[nH]c3-c3ccccc3)[nH]c(=O)c2c1. The minimum absolute atomic E-state index is 0.137. The van der Waals surface area contributed by atoms with Crippen molar-refractivity contribution in [2.24, 2.45) is 0 Å². The van der Waals surface area contributed by atoms with Crippen LogP contribution in [0.3, 0.4) is 0 Å². The Morgan fingerprint density at radius 3 is 2.62 bits per heavy atom. The number of nitrogens with one attached hydrogen (secondary N) is 2. The fraction of sp³-hybridized carbons (Fsp3) is 0.105. The van der Waals surface area contributed by atoms with Crippen molar-refractivity contribution in [2.75, 3.05) is 0 Å². The van der Waals surface area contributed by atoms with Crippen LogP contribution in [0.4, 0.5) is 0 Å². The number of nitrogens with zero attached hydrogens (tertiary/aromatic N) is 2. The van der Waals surface area contributed by atoms with Gasteiger partial charge >= 0.3 is 0 Å². The smallest absolute Gasteiger partial charge is 0.259 e. The molecule has 4 rings (SSSR count). The summed E-state index contributed by atoms with van der Waals surface area (Å²) in [6.45, 7) is 3.95. The number of hydrogen-bond acceptors (Lipinski definition) is 3. The predicted molar refractivity (Wildman–Crippen MR) is 94.9 cm³/mol. The van der Waals surface area contributed by atoms with Crippen LogP contribution in [0.1, 0.15) is 11.1 Å². The Labute approximate surface area is 138 Å². The highest BCUT2D eigenvalue weighted by Gasteiger charge is 2.14. The second-order valence-corrected chi connectivity index (χ2v) is 5.92. The monoisotopic (exact) mass is 316 g/mol. The van der Waals surface area contributed by atoms with Crippen molar-refractivity contribution in [3.8, 4) is 22.6 Å². The summed E-state index contributed by atoms with van der Waals surface area (Å²) in [5.41, 5.74) is 5.23. The highest BCUT2D eigenvalue weighted by atomic mass is 16.1. The highest BCUT2D eigenvalue weighted by Crippen LogP contribution is 2.28. The summed E-state index contributed by atoms with van der Waals surface area (Å²) >= 11 is 0. The number of hydrogen-bond donors (Lipinski definition) is 2. The van der Waals surface area contributed by atoms with E-state index in [9.17, 15) is 4.79 Å². The van der Waals surface area contributed by atoms with Gasteiger partial charge in [0.25, 0.3) is 5.56 Å². The molecule has 2 heterocycles. The van der Waals surface area contributed by atoms with Gasteiger partial charge in [0.05, 0.1) is 28.4 Å². The van der Waals surface area contributed by atoms with E-state index in [1.807, 2.05) is 56.3 Å². The van der Waals surface area contributed by atoms with Crippen molar-refractivity contribution in [1.82, 2.24) is 20.2 Å². The second-order valence-electron chi connectivity index (χ2n) is 5.92. The molecule has 0 aliphatic carbocycles. The summed E-state index contributed by atoms with van der Waals surface area (Å²) in [5, 5.41) is 7.75. The van der Waals surface area contributed by atoms with E-state index < -0.39 is 0 Å². The number of aryl methyl sites for hydroxylation is 2. The van der Waals surface area contributed by atoms with Crippen molar-refractivity contribution in [1.29, 1.82) is 0 Å². The van der Waals surface area contributed by atoms with Crippen LogP contribution in [0.2, 0.25) is 0 Å². The van der Waals surface area contributed by atoms with E-state index in [4.69, 9.17) is 0 Å². The fourth-order valence-corrected chi connectivity index (χ4v) is 3.01. The number of aromatic amines is 2. The van der Waals surface area contributed by atoms with Crippen LogP contribution in [0.5, 0.6) is 0 Å². The van der Waals surface area contributed by atoms with Crippen LogP contribution in [0.15, 0.2) is 53.5 Å². The maximum Gasteiger partial charge on any atom is 0.259 e. The van der Waals surface area contributed by atoms with Gasteiger partial charge in [-0.05, 0) is 31.0 Å². The van der Waals surface area contributed by atoms with Crippen LogP contribution >= 0.6 is 0 Å². The number of aromatic nitrogens is 4. The van der Waals surface area contributed by atoms with Gasteiger partial charge in [-0.1, -0.05) is 36.4 Å². The minimum Gasteiger partial charge on any atom is -0.306 e. The largest absolute Gasteiger partial charge is 0.306 e. The lowest BCUT2D eigenvalue weighted by Gasteiger charge is -2.07. The van der Waals surface area contributed by atoms with Gasteiger partial charge < -0.3 is 4.98 Å². The second kappa shape index (κ2) is 5.45. The summed E-state index contributed by atoms with van der Waals surface area (Å²) in [4.78, 5) is 20.1. The third-order valence-corrected chi connectivity index (χ3v) is 4.10. The maximum absolute atomic E-state index is 12.5. The average Bonchev–Trinajstić information content (AvgIpc) is 3.06. The summed E-state index contributed by atoms with van der Waals surface area (Å²) < 4.78 is 0. The van der Waals surface area contributed by atoms with Gasteiger partial charge in [0.2, 0.25) is 0 Å². The molecule has 2 aromatic carbocycles. The van der Waals surface area contributed by atoms with E-state index in [1.54, 1.807) is 6.20 Å². The van der Waals surface area contributed by atoms with Crippen LogP contribution in [0, 0.1) is 13.8 Å². The average molecular weight is 316 g/mol. The molecule has 0 fully saturated rings. The van der Waals surface area contributed by atoms with E-state index in [0.717, 1.165) is 33.5 Å². The van der Waals surface area contributed by atoms with Gasteiger partial charge in [-0.25, -0.2) is 4.98 Å². The molecule has 0 saturated carbocycles. The molecule has 0 aliphatic rings. The molecule has 0 spiro atoms. The van der Waals surface area contributed by atoms with E-state index in [1.165, 1.54) is 0 Å². The van der Waals surface area contributed by atoms with Gasteiger partial charge in [0.1, 0.15) is 5.82 Å². The standard InChI is InChI=1S/C19H16N4O/c1-11-8-12(2)16-14(9-11)19(24)22-18(21-16)15-10-20-23-17(15)13-6-4-3-5-7-13/h3-10H,1-2H3,(H,20,23)(H,21,22,24). The van der Waals surface area contributed by atoms with Crippen molar-refractivity contribution >= 4 is 10.9 Å². The molecule has 2 N–H and O–H groups in total. The molecular weight excluding hydrogens is 300 g/mol. The number of fused-ring (bicyclic) bond motifs is 1. The van der Waals surface area contributed by atoms with E-state index in [0.29, 0.717) is 11.2 Å². The molecule has 5 heteroatoms. The number of H-pyrrole nitrogens is 2. The third kappa shape index (κ3) is 2.31. The topological polar surface area (TPSA) is 74.4 Å². The fourth-order valence-electron chi connectivity index (χ4n) is 3.01. The summed E-state index contributed by atoms with van der Waals surface area (Å²) in [6, 6.07) is 13.8. The lowest BCUT2D eigenvalue weighted by Crippen LogP contribution is -2.10. The quantitative estimate of drug-likeness (QED) is 0.593. The lowest BCUT2D eigenvalue weighted by molar-refractivity contribution is 1.10. The van der Waals surface area contributed by atoms with Crippen molar-refractivity contribution in [3.05, 3.63) is 70.1 Å². The summed E-state index contributed by atoms with van der Waals surface area (Å²) in [6.07, 6.45) is 1.69. The molecule has 5 nitrogen and oxygen atoms in total. The van der Waals surface area contributed by atoms with Gasteiger partial charge in [-0.15, -0.1) is 0 Å². The van der Waals surface area contributed by atoms with Gasteiger partial charge in [-0.2, -0.15) is 5.10 Å². The van der Waals surface area contributed by atoms with Crippen LogP contribution in [0.25, 0.3) is 33.5 Å². The van der Waals surface area contributed by atoms with Gasteiger partial charge in [0, 0.05) is 5.56 Å². The summed E-state index contributed by atoms with van der Waals surface area (Å²) in [7, 11) is 0. The van der Waals surface area contributed by atoms with Crippen LogP contribution < -0.4 is 5.56 Å². The zero-order chi connectivity index (χ0) is 16.7. The highest BCUT2D eigenvalue weighted by molar-refractivity contribution is 5.85. The molecule has 0 saturated heterocycles. The first-order chi connectivity index (χ1) is 11.6. The lowest BCUT2D eigenvalue weighted by atomic mass is 10.1. The Balaban J connectivity index is 1.96. The summed E-state index contributed by atoms with van der Waals surface area (Å²) in [5.74, 6) is 0.520. The molecule has 0 bridgehead atoms. The van der Waals surface area contributed by atoms with Gasteiger partial charge in [-0.3, -0.25) is 9.89 Å². The van der Waals surface area contributed by atoms with Gasteiger partial charge in [0.15, 0.2) is 0 Å². The maximum atomic E-state index is 12.5. The zero-order valence-electron chi connectivity index (χ0n) is 13.4. The first-order valence-electron chi connectivity index (χ1n) is 7.74. The first kappa shape index (κ1) is 14.4. The first-order valence-corrected chi connectivity index (χ1v) is 7.74. The van der Waals surface area contributed by atoms with E-state index in [-0.39, 0.29) is 5.56 Å². The Morgan fingerprint density at radius 1 is 1.04 bits per heavy atom. The van der Waals surface area contributed by atoms with Crippen LogP contribution in [-0.4, -0.2) is 20.2 Å². The Hall–Kier alpha value is -3.21. The number of rotatable bonds is 2. The van der Waals surface area contributed by atoms with Crippen molar-refractivity contribution in [3.63, 3.8) is 0 Å². The molecule has 118 valence electrons.